The lowest BCUT2D eigenvalue weighted by Gasteiger charge is -2.26. The van der Waals surface area contributed by atoms with Crippen LogP contribution in [0.3, 0.4) is 0 Å². The number of quaternary nitrogens is 1. The molecule has 164 valence electrons. The van der Waals surface area contributed by atoms with Crippen molar-refractivity contribution in [2.75, 3.05) is 33.8 Å². The third-order valence-corrected chi connectivity index (χ3v) is 5.36. The summed E-state index contributed by atoms with van der Waals surface area (Å²) in [5.41, 5.74) is 2.43. The van der Waals surface area contributed by atoms with E-state index in [2.05, 4.69) is 0 Å². The second kappa shape index (κ2) is 9.79. The van der Waals surface area contributed by atoms with Gasteiger partial charge in [-0.25, -0.2) is 0 Å². The standard InChI is InChI=1S/C25H30N2O4/c1-5-15-31-20-8-6-7-19(16-20)22-21(23(28)18-11-9-17(2)10-12-18)24(29)25(30)27(22)14-13-26(3)4/h6-12,16,22,28H,5,13-15H2,1-4H3/p+1/t22-/m1/s1. The molecule has 0 bridgehead atoms. The van der Waals surface area contributed by atoms with Crippen molar-refractivity contribution in [3.8, 4) is 5.75 Å². The van der Waals surface area contributed by atoms with E-state index in [4.69, 9.17) is 4.74 Å². The topological polar surface area (TPSA) is 71.3 Å². The number of aliphatic hydroxyl groups excluding tert-OH is 1. The van der Waals surface area contributed by atoms with Gasteiger partial charge in [-0.2, -0.15) is 0 Å². The van der Waals surface area contributed by atoms with Gasteiger partial charge in [-0.3, -0.25) is 9.59 Å². The summed E-state index contributed by atoms with van der Waals surface area (Å²) in [7, 11) is 3.99. The predicted molar refractivity (Wildman–Crippen MR) is 120 cm³/mol. The Hall–Kier alpha value is -3.12. The van der Waals surface area contributed by atoms with Gasteiger partial charge in [0.2, 0.25) is 0 Å². The van der Waals surface area contributed by atoms with Crippen LogP contribution in [-0.4, -0.2) is 55.5 Å². The lowest BCUT2D eigenvalue weighted by atomic mass is 9.95. The number of nitrogens with zero attached hydrogens (tertiary/aromatic N) is 1. The maximum atomic E-state index is 13.0. The van der Waals surface area contributed by atoms with Crippen molar-refractivity contribution in [2.45, 2.75) is 26.3 Å². The maximum Gasteiger partial charge on any atom is 0.295 e. The molecule has 2 N–H and O–H groups in total. The normalized spacial score (nSPS) is 18.1. The van der Waals surface area contributed by atoms with E-state index in [0.29, 0.717) is 31.0 Å². The van der Waals surface area contributed by atoms with E-state index < -0.39 is 17.7 Å². The summed E-state index contributed by atoms with van der Waals surface area (Å²) in [6.07, 6.45) is 0.877. The molecule has 0 aliphatic carbocycles. The Labute approximate surface area is 183 Å². The number of rotatable bonds is 8. The van der Waals surface area contributed by atoms with Gasteiger partial charge in [-0.05, 0) is 31.0 Å². The molecule has 6 heteroatoms. The number of hydrogen-bond donors (Lipinski definition) is 2. The van der Waals surface area contributed by atoms with Crippen LogP contribution in [0.4, 0.5) is 0 Å². The lowest BCUT2D eigenvalue weighted by Crippen LogP contribution is -3.06. The Kier molecular flexibility index (Phi) is 7.13. The van der Waals surface area contributed by atoms with Crippen LogP contribution >= 0.6 is 0 Å². The fraction of sp³-hybridized carbons (Fsp3) is 0.360. The molecule has 31 heavy (non-hydrogen) atoms. The molecule has 2 aromatic rings. The van der Waals surface area contributed by atoms with Crippen molar-refractivity contribution >= 4 is 17.4 Å². The second-order valence-electron chi connectivity index (χ2n) is 8.24. The summed E-state index contributed by atoms with van der Waals surface area (Å²) in [6, 6.07) is 14.0. The van der Waals surface area contributed by atoms with Gasteiger partial charge in [0, 0.05) is 5.56 Å². The maximum absolute atomic E-state index is 13.0. The number of carbonyl (C=O) groups is 2. The van der Waals surface area contributed by atoms with Crippen LogP contribution in [0.15, 0.2) is 54.1 Å². The van der Waals surface area contributed by atoms with Gasteiger partial charge in [0.1, 0.15) is 11.5 Å². The number of ketones is 1. The number of hydrogen-bond acceptors (Lipinski definition) is 4. The molecule has 1 fully saturated rings. The summed E-state index contributed by atoms with van der Waals surface area (Å²) >= 11 is 0. The van der Waals surface area contributed by atoms with E-state index in [1.807, 2.05) is 64.3 Å². The second-order valence-corrected chi connectivity index (χ2v) is 8.24. The Morgan fingerprint density at radius 3 is 2.48 bits per heavy atom. The quantitative estimate of drug-likeness (QED) is 0.389. The summed E-state index contributed by atoms with van der Waals surface area (Å²) in [4.78, 5) is 28.7. The highest BCUT2D eigenvalue weighted by molar-refractivity contribution is 6.46. The summed E-state index contributed by atoms with van der Waals surface area (Å²) in [5, 5.41) is 11.1. The highest BCUT2D eigenvalue weighted by atomic mass is 16.5. The summed E-state index contributed by atoms with van der Waals surface area (Å²) < 4.78 is 5.76. The lowest BCUT2D eigenvalue weighted by molar-refractivity contribution is -0.857. The molecule has 6 nitrogen and oxygen atoms in total. The van der Waals surface area contributed by atoms with Gasteiger partial charge >= 0.3 is 0 Å². The van der Waals surface area contributed by atoms with E-state index in [1.54, 1.807) is 17.0 Å². The van der Waals surface area contributed by atoms with Crippen LogP contribution in [-0.2, 0) is 9.59 Å². The number of benzene rings is 2. The average Bonchev–Trinajstić information content (AvgIpc) is 3.01. The van der Waals surface area contributed by atoms with Gasteiger partial charge in [-0.15, -0.1) is 0 Å². The molecule has 1 heterocycles. The van der Waals surface area contributed by atoms with Crippen LogP contribution in [0.25, 0.3) is 5.76 Å². The molecule has 1 saturated heterocycles. The van der Waals surface area contributed by atoms with Crippen molar-refractivity contribution in [1.29, 1.82) is 0 Å². The fourth-order valence-electron chi connectivity index (χ4n) is 3.66. The van der Waals surface area contributed by atoms with E-state index in [-0.39, 0.29) is 11.3 Å². The molecule has 3 rings (SSSR count). The number of aliphatic hydroxyl groups is 1. The van der Waals surface area contributed by atoms with Crippen molar-refractivity contribution in [3.05, 3.63) is 70.8 Å². The van der Waals surface area contributed by atoms with E-state index in [0.717, 1.165) is 17.5 Å². The molecule has 1 aliphatic heterocycles. The number of likely N-dealkylation sites (N-methyl/N-ethyl adjacent to an activating group) is 1. The smallest absolute Gasteiger partial charge is 0.295 e. The van der Waals surface area contributed by atoms with Gasteiger partial charge < -0.3 is 19.6 Å². The number of carbonyl (C=O) groups excluding carboxylic acids is 2. The Bertz CT molecular complexity index is 979. The number of amides is 1. The van der Waals surface area contributed by atoms with E-state index >= 15 is 0 Å². The van der Waals surface area contributed by atoms with Crippen molar-refractivity contribution in [3.63, 3.8) is 0 Å². The van der Waals surface area contributed by atoms with E-state index in [1.165, 1.54) is 4.90 Å². The van der Waals surface area contributed by atoms with Crippen LogP contribution in [0, 0.1) is 6.92 Å². The SMILES string of the molecule is CCCOc1cccc([C@@H]2C(=C(O)c3ccc(C)cc3)C(=O)C(=O)N2CC[NH+](C)C)c1. The first-order chi connectivity index (χ1) is 14.8. The van der Waals surface area contributed by atoms with Crippen LogP contribution < -0.4 is 9.64 Å². The van der Waals surface area contributed by atoms with Gasteiger partial charge in [0.25, 0.3) is 11.7 Å². The predicted octanol–water partition coefficient (Wildman–Crippen LogP) is 2.35. The van der Waals surface area contributed by atoms with Crippen molar-refractivity contribution in [2.24, 2.45) is 0 Å². The molecular weight excluding hydrogens is 392 g/mol. The number of ether oxygens (including phenoxy) is 1. The van der Waals surface area contributed by atoms with Crippen molar-refractivity contribution < 1.29 is 24.3 Å². The zero-order chi connectivity index (χ0) is 22.5. The number of aryl methyl sites for hydroxylation is 1. The van der Waals surface area contributed by atoms with E-state index in [9.17, 15) is 14.7 Å². The minimum Gasteiger partial charge on any atom is -0.507 e. The van der Waals surface area contributed by atoms with Crippen LogP contribution in [0.5, 0.6) is 5.75 Å². The number of Topliss-reactive ketones (excluding diaryl/α,β-unsaturated/α-hetero) is 1. The molecule has 0 aromatic heterocycles. The molecule has 0 radical (unpaired) electrons. The Morgan fingerprint density at radius 1 is 1.13 bits per heavy atom. The third-order valence-electron chi connectivity index (χ3n) is 5.36. The first-order valence-corrected chi connectivity index (χ1v) is 10.7. The molecule has 1 aliphatic rings. The summed E-state index contributed by atoms with van der Waals surface area (Å²) in [6.45, 7) is 5.65. The zero-order valence-electron chi connectivity index (χ0n) is 18.6. The molecule has 0 unspecified atom stereocenters. The van der Waals surface area contributed by atoms with Crippen molar-refractivity contribution in [1.82, 2.24) is 4.90 Å². The van der Waals surface area contributed by atoms with Gasteiger partial charge in [0.05, 0.1) is 45.4 Å². The highest BCUT2D eigenvalue weighted by Gasteiger charge is 2.46. The number of nitrogens with one attached hydrogen (secondary N) is 1. The van der Waals surface area contributed by atoms with Crippen LogP contribution in [0.1, 0.15) is 36.1 Å². The van der Waals surface area contributed by atoms with Crippen LogP contribution in [0.2, 0.25) is 0 Å². The zero-order valence-corrected chi connectivity index (χ0v) is 18.6. The molecule has 2 aromatic carbocycles. The summed E-state index contributed by atoms with van der Waals surface area (Å²) in [5.74, 6) is -0.710. The largest absolute Gasteiger partial charge is 0.507 e. The molecule has 1 atom stereocenters. The highest BCUT2D eigenvalue weighted by Crippen LogP contribution is 2.40. The first-order valence-electron chi connectivity index (χ1n) is 10.7. The molecule has 0 spiro atoms. The minimum atomic E-state index is -0.661. The average molecular weight is 424 g/mol. The minimum absolute atomic E-state index is 0.121. The molecule has 1 amide bonds. The van der Waals surface area contributed by atoms with Gasteiger partial charge in [-0.1, -0.05) is 48.9 Å². The first kappa shape index (κ1) is 22.6. The number of likely N-dealkylation sites (tertiary alicyclic amines) is 1. The Morgan fingerprint density at radius 2 is 1.84 bits per heavy atom. The van der Waals surface area contributed by atoms with Gasteiger partial charge in [0.15, 0.2) is 0 Å². The third kappa shape index (κ3) is 4.97. The molecular formula is C25H31N2O4+. The monoisotopic (exact) mass is 423 g/mol. The Balaban J connectivity index is 2.11. The fourth-order valence-corrected chi connectivity index (χ4v) is 3.66. The molecule has 0 saturated carbocycles.